The molecule has 1 N–H and O–H groups in total. The number of ether oxygens (including phenoxy) is 1. The van der Waals surface area contributed by atoms with E-state index < -0.39 is 11.6 Å². The predicted octanol–water partition coefficient (Wildman–Crippen LogP) is 3.15. The van der Waals surface area contributed by atoms with E-state index in [1.807, 2.05) is 29.6 Å². The molecule has 132 valence electrons. The van der Waals surface area contributed by atoms with Gasteiger partial charge in [0.1, 0.15) is 6.10 Å². The van der Waals surface area contributed by atoms with Crippen LogP contribution in [0.25, 0.3) is 0 Å². The number of hydrogen-bond donors (Lipinski definition) is 1. The van der Waals surface area contributed by atoms with Crippen LogP contribution in [0.3, 0.4) is 0 Å². The molecule has 2 fully saturated rings. The normalized spacial score (nSPS) is 28.5. The van der Waals surface area contributed by atoms with E-state index in [4.69, 9.17) is 4.74 Å². The van der Waals surface area contributed by atoms with Gasteiger partial charge in [-0.15, -0.1) is 11.3 Å². The summed E-state index contributed by atoms with van der Waals surface area (Å²) < 4.78 is 5.91. The maximum Gasteiger partial charge on any atom is 0.348 e. The summed E-state index contributed by atoms with van der Waals surface area (Å²) in [6, 6.07) is 13.6. The molecule has 1 aromatic carbocycles. The molecule has 4 rings (SSSR count). The minimum Gasteiger partial charge on any atom is -0.458 e. The van der Waals surface area contributed by atoms with E-state index in [-0.39, 0.29) is 12.1 Å². The number of likely N-dealkylation sites (N-methyl/N-ethyl adjacent to an activating group) is 1. The highest BCUT2D eigenvalue weighted by atomic mass is 32.1. The van der Waals surface area contributed by atoms with E-state index in [9.17, 15) is 9.90 Å². The molecule has 25 heavy (non-hydrogen) atoms. The zero-order valence-corrected chi connectivity index (χ0v) is 15.1. The molecule has 4 nitrogen and oxygen atoms in total. The number of piperidine rings is 1. The van der Waals surface area contributed by atoms with Gasteiger partial charge < -0.3 is 9.84 Å². The molecule has 0 radical (unpaired) electrons. The van der Waals surface area contributed by atoms with E-state index >= 15 is 0 Å². The Balaban J connectivity index is 1.63. The topological polar surface area (TPSA) is 49.8 Å². The molecule has 2 aromatic rings. The van der Waals surface area contributed by atoms with E-state index in [0.717, 1.165) is 19.3 Å². The predicted molar refractivity (Wildman–Crippen MR) is 97.4 cm³/mol. The molecule has 2 saturated heterocycles. The summed E-state index contributed by atoms with van der Waals surface area (Å²) >= 11 is 1.37. The first-order chi connectivity index (χ1) is 12.1. The van der Waals surface area contributed by atoms with Crippen LogP contribution in [0.2, 0.25) is 0 Å². The van der Waals surface area contributed by atoms with E-state index in [1.54, 1.807) is 18.2 Å². The number of rotatable bonds is 4. The number of fused-ring (bicyclic) bond motifs is 2. The monoisotopic (exact) mass is 357 g/mol. The van der Waals surface area contributed by atoms with Gasteiger partial charge in [0.2, 0.25) is 5.60 Å². The number of nitrogens with zero attached hydrogens (tertiary/aromatic N) is 1. The summed E-state index contributed by atoms with van der Waals surface area (Å²) in [5.41, 5.74) is -1.19. The lowest BCUT2D eigenvalue weighted by Crippen LogP contribution is -2.49. The van der Waals surface area contributed by atoms with Crippen molar-refractivity contribution in [3.63, 3.8) is 0 Å². The van der Waals surface area contributed by atoms with Gasteiger partial charge in [-0.05, 0) is 44.2 Å². The zero-order valence-electron chi connectivity index (χ0n) is 14.3. The van der Waals surface area contributed by atoms with Crippen LogP contribution in [0.15, 0.2) is 47.8 Å². The Morgan fingerprint density at radius 3 is 2.64 bits per heavy atom. The van der Waals surface area contributed by atoms with Gasteiger partial charge in [0.25, 0.3) is 0 Å². The maximum absolute atomic E-state index is 13.1. The van der Waals surface area contributed by atoms with Crippen LogP contribution < -0.4 is 0 Å². The van der Waals surface area contributed by atoms with Crippen molar-refractivity contribution in [2.45, 2.75) is 49.5 Å². The molecule has 0 spiro atoms. The Bertz CT molecular complexity index is 733. The largest absolute Gasteiger partial charge is 0.458 e. The average molecular weight is 357 g/mol. The standard InChI is InChI=1S/C20H23NO3S/c1-21-15-9-11-16(21)17(12-10-15)24-19(22)20(23,18-8-5-13-25-18)14-6-3-2-4-7-14/h2-8,13,15-17,23H,9-12H2,1H3/t15-,16+,17-,20-/m0/s1. The molecule has 0 aliphatic carbocycles. The van der Waals surface area contributed by atoms with Crippen LogP contribution in [-0.2, 0) is 15.1 Å². The summed E-state index contributed by atoms with van der Waals surface area (Å²) in [6.45, 7) is 0. The van der Waals surface area contributed by atoms with Crippen molar-refractivity contribution in [1.82, 2.24) is 4.90 Å². The number of esters is 1. The van der Waals surface area contributed by atoms with Crippen LogP contribution in [0.4, 0.5) is 0 Å². The fourth-order valence-electron chi connectivity index (χ4n) is 4.27. The number of thiophene rings is 1. The van der Waals surface area contributed by atoms with Crippen molar-refractivity contribution in [3.8, 4) is 0 Å². The highest BCUT2D eigenvalue weighted by Gasteiger charge is 2.47. The lowest BCUT2D eigenvalue weighted by molar-refractivity contribution is -0.172. The lowest BCUT2D eigenvalue weighted by Gasteiger charge is -2.38. The van der Waals surface area contributed by atoms with Gasteiger partial charge in [-0.3, -0.25) is 4.90 Å². The SMILES string of the molecule is CN1[C@@H]2CC[C@H](OC(=O)[C@](O)(c3ccccc3)c3cccs3)[C@H]1CC2. The smallest absolute Gasteiger partial charge is 0.348 e. The van der Waals surface area contributed by atoms with Crippen molar-refractivity contribution in [2.75, 3.05) is 7.05 Å². The summed E-state index contributed by atoms with van der Waals surface area (Å²) in [5, 5.41) is 13.3. The quantitative estimate of drug-likeness (QED) is 0.854. The molecule has 4 atom stereocenters. The summed E-state index contributed by atoms with van der Waals surface area (Å²) in [6.07, 6.45) is 4.01. The Morgan fingerprint density at radius 2 is 1.92 bits per heavy atom. The van der Waals surface area contributed by atoms with Gasteiger partial charge in [-0.1, -0.05) is 36.4 Å². The third-order valence-corrected chi connectivity index (χ3v) is 6.71. The van der Waals surface area contributed by atoms with Gasteiger partial charge in [0, 0.05) is 17.6 Å². The number of hydrogen-bond acceptors (Lipinski definition) is 5. The van der Waals surface area contributed by atoms with Gasteiger partial charge in [-0.25, -0.2) is 4.79 Å². The van der Waals surface area contributed by atoms with Crippen LogP contribution >= 0.6 is 11.3 Å². The fraction of sp³-hybridized carbons (Fsp3) is 0.450. The molecule has 3 heterocycles. The number of benzene rings is 1. The molecule has 2 aliphatic rings. The minimum atomic E-state index is -1.75. The molecular weight excluding hydrogens is 334 g/mol. The van der Waals surface area contributed by atoms with Crippen LogP contribution in [0, 0.1) is 0 Å². The average Bonchev–Trinajstić information content (AvgIpc) is 3.24. The summed E-state index contributed by atoms with van der Waals surface area (Å²) in [4.78, 5) is 16.1. The summed E-state index contributed by atoms with van der Waals surface area (Å²) in [7, 11) is 2.12. The molecule has 5 heteroatoms. The Labute approximate surface area is 152 Å². The molecular formula is C20H23NO3S. The Morgan fingerprint density at radius 1 is 1.16 bits per heavy atom. The second-order valence-electron chi connectivity index (χ2n) is 7.04. The molecule has 2 aliphatic heterocycles. The zero-order chi connectivity index (χ0) is 17.4. The Kier molecular flexibility index (Phi) is 4.40. The first-order valence-corrected chi connectivity index (χ1v) is 9.73. The van der Waals surface area contributed by atoms with Gasteiger partial charge in [0.05, 0.1) is 4.88 Å². The van der Waals surface area contributed by atoms with Gasteiger partial charge in [-0.2, -0.15) is 0 Å². The van der Waals surface area contributed by atoms with Crippen molar-refractivity contribution >= 4 is 17.3 Å². The highest BCUT2D eigenvalue weighted by Crippen LogP contribution is 2.39. The van der Waals surface area contributed by atoms with Crippen LogP contribution in [0.5, 0.6) is 0 Å². The lowest BCUT2D eigenvalue weighted by atomic mass is 9.91. The van der Waals surface area contributed by atoms with Gasteiger partial charge >= 0.3 is 5.97 Å². The van der Waals surface area contributed by atoms with Crippen molar-refractivity contribution in [3.05, 3.63) is 58.3 Å². The van der Waals surface area contributed by atoms with Crippen molar-refractivity contribution in [1.29, 1.82) is 0 Å². The number of carbonyl (C=O) groups excluding carboxylic acids is 1. The number of carbonyl (C=O) groups is 1. The van der Waals surface area contributed by atoms with E-state index in [1.165, 1.54) is 17.8 Å². The highest BCUT2D eigenvalue weighted by molar-refractivity contribution is 7.10. The van der Waals surface area contributed by atoms with Crippen LogP contribution in [-0.4, -0.2) is 41.2 Å². The summed E-state index contributed by atoms with van der Waals surface area (Å²) in [5.74, 6) is -0.565. The molecule has 0 unspecified atom stereocenters. The maximum atomic E-state index is 13.1. The van der Waals surface area contributed by atoms with E-state index in [2.05, 4.69) is 11.9 Å². The minimum absolute atomic E-state index is 0.147. The fourth-order valence-corrected chi connectivity index (χ4v) is 5.10. The van der Waals surface area contributed by atoms with Crippen molar-refractivity contribution < 1.29 is 14.6 Å². The van der Waals surface area contributed by atoms with Gasteiger partial charge in [0.15, 0.2) is 0 Å². The third kappa shape index (κ3) is 2.80. The Hall–Kier alpha value is -1.69. The second-order valence-corrected chi connectivity index (χ2v) is 7.99. The molecule has 1 aromatic heterocycles. The molecule has 0 amide bonds. The number of aliphatic hydroxyl groups is 1. The third-order valence-electron chi connectivity index (χ3n) is 5.73. The first kappa shape index (κ1) is 16.8. The molecule has 2 bridgehead atoms. The van der Waals surface area contributed by atoms with Crippen LogP contribution in [0.1, 0.15) is 36.1 Å². The first-order valence-electron chi connectivity index (χ1n) is 8.85. The second kappa shape index (κ2) is 6.56. The van der Waals surface area contributed by atoms with E-state index in [0.29, 0.717) is 16.5 Å². The van der Waals surface area contributed by atoms with Crippen molar-refractivity contribution in [2.24, 2.45) is 0 Å². The molecule has 0 saturated carbocycles.